The third-order valence-electron chi connectivity index (χ3n) is 3.23. The van der Waals surface area contributed by atoms with Crippen molar-refractivity contribution in [1.29, 1.82) is 0 Å². The molecule has 0 spiro atoms. The molecule has 1 heterocycles. The molecule has 0 radical (unpaired) electrons. The number of benzene rings is 2. The van der Waals surface area contributed by atoms with Gasteiger partial charge in [0.15, 0.2) is 0 Å². The van der Waals surface area contributed by atoms with Crippen molar-refractivity contribution in [3.8, 4) is 5.75 Å². The van der Waals surface area contributed by atoms with Crippen LogP contribution in [0.15, 0.2) is 48.7 Å². The summed E-state index contributed by atoms with van der Waals surface area (Å²) in [7, 11) is 1.64. The number of pyridine rings is 1. The van der Waals surface area contributed by atoms with E-state index in [0.717, 1.165) is 22.2 Å². The minimum Gasteiger partial charge on any atom is -0.497 e. The molecule has 0 amide bonds. The number of methoxy groups -OCH3 is 1. The predicted molar refractivity (Wildman–Crippen MR) is 87.4 cm³/mol. The van der Waals surface area contributed by atoms with Crippen LogP contribution >= 0.6 is 11.6 Å². The molecule has 1 aromatic heterocycles. The highest BCUT2D eigenvalue weighted by Crippen LogP contribution is 2.31. The van der Waals surface area contributed by atoms with E-state index in [1.165, 1.54) is 0 Å². The minimum absolute atomic E-state index is 0.589. The first-order valence-electron chi connectivity index (χ1n) is 6.42. The van der Waals surface area contributed by atoms with Gasteiger partial charge in [-0.15, -0.1) is 0 Å². The molecule has 3 N–H and O–H groups in total. The van der Waals surface area contributed by atoms with E-state index in [9.17, 15) is 0 Å². The summed E-state index contributed by atoms with van der Waals surface area (Å²) < 4.78 is 5.14. The predicted octanol–water partition coefficient (Wildman–Crippen LogP) is 4.22. The number of aromatic nitrogens is 1. The molecule has 0 bridgehead atoms. The molecule has 5 heteroatoms. The van der Waals surface area contributed by atoms with E-state index in [2.05, 4.69) is 10.3 Å². The number of anilines is 3. The lowest BCUT2D eigenvalue weighted by Gasteiger charge is -2.11. The molecule has 2 aromatic carbocycles. The molecule has 0 saturated heterocycles. The molecular formula is C16H14ClN3O. The van der Waals surface area contributed by atoms with E-state index in [0.29, 0.717) is 16.5 Å². The van der Waals surface area contributed by atoms with Gasteiger partial charge < -0.3 is 15.8 Å². The molecule has 0 aliphatic carbocycles. The van der Waals surface area contributed by atoms with Gasteiger partial charge in [0.05, 0.1) is 7.11 Å². The number of hydrogen-bond acceptors (Lipinski definition) is 4. The third kappa shape index (κ3) is 2.71. The summed E-state index contributed by atoms with van der Waals surface area (Å²) in [6.45, 7) is 0. The summed E-state index contributed by atoms with van der Waals surface area (Å²) in [6, 6.07) is 13.1. The van der Waals surface area contributed by atoms with E-state index >= 15 is 0 Å². The van der Waals surface area contributed by atoms with Crippen LogP contribution in [0.25, 0.3) is 10.8 Å². The molecular weight excluding hydrogens is 286 g/mol. The highest BCUT2D eigenvalue weighted by molar-refractivity contribution is 6.32. The summed E-state index contributed by atoms with van der Waals surface area (Å²) in [5.74, 6) is 1.52. The fraction of sp³-hybridized carbons (Fsp3) is 0.0625. The molecule has 21 heavy (non-hydrogen) atoms. The van der Waals surface area contributed by atoms with Crippen LogP contribution in [0.2, 0.25) is 5.02 Å². The van der Waals surface area contributed by atoms with Gasteiger partial charge in [-0.1, -0.05) is 11.6 Å². The summed E-state index contributed by atoms with van der Waals surface area (Å²) in [6.07, 6.45) is 1.72. The Kier molecular flexibility index (Phi) is 3.54. The SMILES string of the molecule is COc1ccc(Nc2nccc3c(N)cc(Cl)cc23)cc1. The Morgan fingerprint density at radius 3 is 2.57 bits per heavy atom. The van der Waals surface area contributed by atoms with E-state index in [4.69, 9.17) is 22.1 Å². The lowest BCUT2D eigenvalue weighted by Crippen LogP contribution is -1.96. The number of fused-ring (bicyclic) bond motifs is 1. The number of nitrogens with zero attached hydrogens (tertiary/aromatic N) is 1. The summed E-state index contributed by atoms with van der Waals surface area (Å²) in [5, 5.41) is 5.67. The summed E-state index contributed by atoms with van der Waals surface area (Å²) in [5.41, 5.74) is 7.55. The standard InChI is InChI=1S/C16H14ClN3O/c1-21-12-4-2-11(3-5-12)20-16-14-8-10(17)9-15(18)13(14)6-7-19-16/h2-9H,18H2,1H3,(H,19,20). The molecule has 0 saturated carbocycles. The monoisotopic (exact) mass is 299 g/mol. The smallest absolute Gasteiger partial charge is 0.138 e. The van der Waals surface area contributed by atoms with Crippen molar-refractivity contribution in [2.45, 2.75) is 0 Å². The maximum absolute atomic E-state index is 6.09. The van der Waals surface area contributed by atoms with E-state index in [1.807, 2.05) is 36.4 Å². The van der Waals surface area contributed by atoms with Crippen LogP contribution in [0.5, 0.6) is 5.75 Å². The van der Waals surface area contributed by atoms with Crippen LogP contribution in [0, 0.1) is 0 Å². The fourth-order valence-electron chi connectivity index (χ4n) is 2.19. The highest BCUT2D eigenvalue weighted by atomic mass is 35.5. The van der Waals surface area contributed by atoms with E-state index in [-0.39, 0.29) is 0 Å². The number of ether oxygens (including phenoxy) is 1. The quantitative estimate of drug-likeness (QED) is 0.711. The number of nitrogens with two attached hydrogens (primary N) is 1. The van der Waals surface area contributed by atoms with Crippen molar-refractivity contribution in [1.82, 2.24) is 4.98 Å². The second-order valence-electron chi connectivity index (χ2n) is 4.60. The Labute approximate surface area is 127 Å². The Bertz CT molecular complexity index is 787. The molecule has 0 aliphatic rings. The maximum atomic E-state index is 6.09. The Morgan fingerprint density at radius 2 is 1.86 bits per heavy atom. The van der Waals surface area contributed by atoms with Crippen LogP contribution in [0.4, 0.5) is 17.2 Å². The lowest BCUT2D eigenvalue weighted by atomic mass is 10.1. The van der Waals surface area contributed by atoms with Crippen molar-refractivity contribution >= 4 is 39.6 Å². The molecule has 0 aliphatic heterocycles. The fourth-order valence-corrected chi connectivity index (χ4v) is 2.41. The summed E-state index contributed by atoms with van der Waals surface area (Å²) >= 11 is 6.09. The first kappa shape index (κ1) is 13.5. The van der Waals surface area contributed by atoms with Crippen LogP contribution in [0.3, 0.4) is 0 Å². The normalized spacial score (nSPS) is 10.6. The van der Waals surface area contributed by atoms with Crippen LogP contribution < -0.4 is 15.8 Å². The van der Waals surface area contributed by atoms with E-state index in [1.54, 1.807) is 19.4 Å². The Morgan fingerprint density at radius 1 is 1.10 bits per heavy atom. The molecule has 0 atom stereocenters. The number of hydrogen-bond donors (Lipinski definition) is 2. The van der Waals surface area contributed by atoms with Gasteiger partial charge in [-0.3, -0.25) is 0 Å². The second-order valence-corrected chi connectivity index (χ2v) is 5.04. The van der Waals surface area contributed by atoms with Gasteiger partial charge in [0.2, 0.25) is 0 Å². The lowest BCUT2D eigenvalue weighted by molar-refractivity contribution is 0.415. The Balaban J connectivity index is 2.03. The van der Waals surface area contributed by atoms with Gasteiger partial charge in [-0.25, -0.2) is 4.98 Å². The van der Waals surface area contributed by atoms with Crippen molar-refractivity contribution in [3.63, 3.8) is 0 Å². The van der Waals surface area contributed by atoms with Crippen molar-refractivity contribution < 1.29 is 4.74 Å². The highest BCUT2D eigenvalue weighted by Gasteiger charge is 2.07. The topological polar surface area (TPSA) is 60.2 Å². The molecule has 106 valence electrons. The zero-order chi connectivity index (χ0) is 14.8. The van der Waals surface area contributed by atoms with Gasteiger partial charge >= 0.3 is 0 Å². The van der Waals surface area contributed by atoms with Crippen molar-refractivity contribution in [2.24, 2.45) is 0 Å². The van der Waals surface area contributed by atoms with Gasteiger partial charge in [0.25, 0.3) is 0 Å². The number of nitrogen functional groups attached to an aromatic ring is 1. The third-order valence-corrected chi connectivity index (χ3v) is 3.45. The molecule has 0 fully saturated rings. The molecule has 4 nitrogen and oxygen atoms in total. The first-order chi connectivity index (χ1) is 10.2. The Hall–Kier alpha value is -2.46. The first-order valence-corrected chi connectivity index (χ1v) is 6.80. The number of nitrogens with one attached hydrogen (secondary N) is 1. The number of halogens is 1. The molecule has 3 rings (SSSR count). The van der Waals surface area contributed by atoms with Gasteiger partial charge in [0.1, 0.15) is 11.6 Å². The largest absolute Gasteiger partial charge is 0.497 e. The number of rotatable bonds is 3. The zero-order valence-electron chi connectivity index (χ0n) is 11.4. The van der Waals surface area contributed by atoms with Gasteiger partial charge in [-0.2, -0.15) is 0 Å². The van der Waals surface area contributed by atoms with Crippen LogP contribution in [0.1, 0.15) is 0 Å². The zero-order valence-corrected chi connectivity index (χ0v) is 12.2. The molecule has 3 aromatic rings. The van der Waals surface area contributed by atoms with Crippen LogP contribution in [-0.2, 0) is 0 Å². The molecule has 0 unspecified atom stereocenters. The maximum Gasteiger partial charge on any atom is 0.138 e. The average molecular weight is 300 g/mol. The van der Waals surface area contributed by atoms with Gasteiger partial charge in [0, 0.05) is 33.4 Å². The van der Waals surface area contributed by atoms with Crippen LogP contribution in [-0.4, -0.2) is 12.1 Å². The van der Waals surface area contributed by atoms with Crippen molar-refractivity contribution in [3.05, 3.63) is 53.7 Å². The minimum atomic E-state index is 0.589. The van der Waals surface area contributed by atoms with Crippen molar-refractivity contribution in [2.75, 3.05) is 18.2 Å². The second kappa shape index (κ2) is 5.50. The van der Waals surface area contributed by atoms with E-state index < -0.39 is 0 Å². The van der Waals surface area contributed by atoms with Gasteiger partial charge in [-0.05, 0) is 42.5 Å². The summed E-state index contributed by atoms with van der Waals surface area (Å²) in [4.78, 5) is 4.37. The average Bonchev–Trinajstić information content (AvgIpc) is 2.49.